The molecular formula is C27H30N4O3. The van der Waals surface area contributed by atoms with E-state index in [2.05, 4.69) is 6.07 Å². The van der Waals surface area contributed by atoms with Crippen LogP contribution in [0, 0.1) is 11.3 Å². The molecule has 4 rings (SSSR count). The van der Waals surface area contributed by atoms with Crippen LogP contribution >= 0.6 is 0 Å². The van der Waals surface area contributed by atoms with Gasteiger partial charge in [-0.1, -0.05) is 30.3 Å². The van der Waals surface area contributed by atoms with Gasteiger partial charge in [0, 0.05) is 24.8 Å². The first-order valence-electron chi connectivity index (χ1n) is 11.5. The summed E-state index contributed by atoms with van der Waals surface area (Å²) in [5, 5.41) is 9.84. The average Bonchev–Trinajstić information content (AvgIpc) is 3.15. The quantitative estimate of drug-likeness (QED) is 0.520. The smallest absolute Gasteiger partial charge is 0.410 e. The largest absolute Gasteiger partial charge is 0.457 e. The van der Waals surface area contributed by atoms with Crippen molar-refractivity contribution in [3.05, 3.63) is 66.4 Å². The van der Waals surface area contributed by atoms with Crippen LogP contribution in [0.25, 0.3) is 11.1 Å². The fourth-order valence-corrected chi connectivity index (χ4v) is 4.18. The van der Waals surface area contributed by atoms with Crippen LogP contribution in [0.1, 0.15) is 45.2 Å². The predicted octanol–water partition coefficient (Wildman–Crippen LogP) is 5.97. The molecule has 0 spiro atoms. The third-order valence-corrected chi connectivity index (χ3v) is 5.77. The van der Waals surface area contributed by atoms with Gasteiger partial charge in [0.2, 0.25) is 0 Å². The van der Waals surface area contributed by atoms with E-state index in [4.69, 9.17) is 15.2 Å². The van der Waals surface area contributed by atoms with E-state index in [1.54, 1.807) is 4.90 Å². The molecule has 1 amide bonds. The summed E-state index contributed by atoms with van der Waals surface area (Å²) in [4.78, 5) is 14.3. The third-order valence-electron chi connectivity index (χ3n) is 5.77. The van der Waals surface area contributed by atoms with Crippen LogP contribution in [0.15, 0.2) is 60.8 Å². The van der Waals surface area contributed by atoms with E-state index in [9.17, 15) is 10.1 Å². The minimum atomic E-state index is -0.548. The number of aromatic nitrogens is 1. The molecule has 1 atom stereocenters. The summed E-state index contributed by atoms with van der Waals surface area (Å²) in [6.07, 6.45) is 3.30. The van der Waals surface area contributed by atoms with Gasteiger partial charge in [-0.25, -0.2) is 4.79 Å². The van der Waals surface area contributed by atoms with E-state index in [1.165, 1.54) is 0 Å². The zero-order valence-electron chi connectivity index (χ0n) is 19.8. The maximum Gasteiger partial charge on any atom is 0.410 e. The fourth-order valence-electron chi connectivity index (χ4n) is 4.18. The number of anilines is 1. The topological polar surface area (TPSA) is 93.5 Å². The van der Waals surface area contributed by atoms with Gasteiger partial charge < -0.3 is 24.7 Å². The summed E-state index contributed by atoms with van der Waals surface area (Å²) < 4.78 is 13.4. The first kappa shape index (κ1) is 23.2. The molecule has 2 aromatic carbocycles. The van der Waals surface area contributed by atoms with E-state index in [-0.39, 0.29) is 12.1 Å². The zero-order valence-corrected chi connectivity index (χ0v) is 19.8. The minimum absolute atomic E-state index is 0.0252. The van der Waals surface area contributed by atoms with Gasteiger partial charge in [-0.3, -0.25) is 0 Å². The number of ether oxygens (including phenoxy) is 2. The lowest BCUT2D eigenvalue weighted by molar-refractivity contribution is 0.0173. The molecule has 2 N–H and O–H groups in total. The molecule has 0 bridgehead atoms. The number of piperidine rings is 1. The molecule has 176 valence electrons. The van der Waals surface area contributed by atoms with Gasteiger partial charge >= 0.3 is 6.09 Å². The molecule has 1 aliphatic rings. The number of nitrogen functional groups attached to an aromatic ring is 1. The molecule has 1 unspecified atom stereocenters. The maximum atomic E-state index is 12.6. The second-order valence-electron chi connectivity index (χ2n) is 9.48. The molecule has 1 fully saturated rings. The van der Waals surface area contributed by atoms with Crippen molar-refractivity contribution in [3.63, 3.8) is 0 Å². The first-order chi connectivity index (χ1) is 16.2. The first-order valence-corrected chi connectivity index (χ1v) is 11.5. The molecule has 3 aromatic rings. The summed E-state index contributed by atoms with van der Waals surface area (Å²) in [6, 6.07) is 19.4. The Hall–Kier alpha value is -3.92. The minimum Gasteiger partial charge on any atom is -0.457 e. The SMILES string of the molecule is CC(C)(C)OC(=O)N1CCCC(n2cc(-c3ccc(Oc4ccccc4)cc3)c(C#N)c2N)C1. The fraction of sp³-hybridized carbons (Fsp3) is 0.333. The highest BCUT2D eigenvalue weighted by Crippen LogP contribution is 2.35. The van der Waals surface area contributed by atoms with E-state index in [0.717, 1.165) is 29.7 Å². The number of nitriles is 1. The molecule has 34 heavy (non-hydrogen) atoms. The van der Waals surface area contributed by atoms with Crippen LogP contribution in [-0.4, -0.2) is 34.3 Å². The Morgan fingerprint density at radius 2 is 1.76 bits per heavy atom. The molecule has 2 heterocycles. The number of hydrogen-bond donors (Lipinski definition) is 1. The number of nitrogens with two attached hydrogens (primary N) is 1. The number of carbonyl (C=O) groups is 1. The Kier molecular flexibility index (Phi) is 6.51. The number of carbonyl (C=O) groups excluding carboxylic acids is 1. The Morgan fingerprint density at radius 3 is 2.41 bits per heavy atom. The Balaban J connectivity index is 1.55. The molecular weight excluding hydrogens is 428 g/mol. The lowest BCUT2D eigenvalue weighted by Crippen LogP contribution is -2.43. The van der Waals surface area contributed by atoms with Crippen molar-refractivity contribution in [2.24, 2.45) is 0 Å². The number of amides is 1. The van der Waals surface area contributed by atoms with Crippen molar-refractivity contribution in [2.75, 3.05) is 18.8 Å². The van der Waals surface area contributed by atoms with E-state index in [0.29, 0.717) is 30.2 Å². The number of rotatable bonds is 4. The Bertz CT molecular complexity index is 1190. The van der Waals surface area contributed by atoms with Crippen LogP contribution in [0.5, 0.6) is 11.5 Å². The predicted molar refractivity (Wildman–Crippen MR) is 132 cm³/mol. The van der Waals surface area contributed by atoms with E-state index >= 15 is 0 Å². The molecule has 0 radical (unpaired) electrons. The Morgan fingerprint density at radius 1 is 1.09 bits per heavy atom. The number of benzene rings is 2. The van der Waals surface area contributed by atoms with Crippen molar-refractivity contribution < 1.29 is 14.3 Å². The van der Waals surface area contributed by atoms with Gasteiger partial charge in [0.1, 0.15) is 34.6 Å². The number of hydrogen-bond acceptors (Lipinski definition) is 5. The van der Waals surface area contributed by atoms with Crippen LogP contribution in [0.4, 0.5) is 10.6 Å². The normalized spacial score (nSPS) is 16.1. The Labute approximate surface area is 200 Å². The van der Waals surface area contributed by atoms with Crippen molar-refractivity contribution in [1.82, 2.24) is 9.47 Å². The number of nitrogens with zero attached hydrogens (tertiary/aromatic N) is 3. The second kappa shape index (κ2) is 9.52. The monoisotopic (exact) mass is 458 g/mol. The molecule has 1 aliphatic heterocycles. The van der Waals surface area contributed by atoms with Crippen LogP contribution in [0.3, 0.4) is 0 Å². The molecule has 1 saturated heterocycles. The van der Waals surface area contributed by atoms with Crippen molar-refractivity contribution in [3.8, 4) is 28.7 Å². The van der Waals surface area contributed by atoms with Gasteiger partial charge in [-0.15, -0.1) is 0 Å². The van der Waals surface area contributed by atoms with Gasteiger partial charge in [-0.05, 0) is 63.4 Å². The number of para-hydroxylation sites is 1. The summed E-state index contributed by atoms with van der Waals surface area (Å²) in [7, 11) is 0. The highest BCUT2D eigenvalue weighted by molar-refractivity contribution is 5.77. The lowest BCUT2D eigenvalue weighted by atomic mass is 10.0. The number of likely N-dealkylation sites (tertiary alicyclic amines) is 1. The highest BCUT2D eigenvalue weighted by atomic mass is 16.6. The van der Waals surface area contributed by atoms with Crippen molar-refractivity contribution >= 4 is 11.9 Å². The molecule has 7 nitrogen and oxygen atoms in total. The average molecular weight is 459 g/mol. The van der Waals surface area contributed by atoms with Crippen molar-refractivity contribution in [1.29, 1.82) is 5.26 Å². The molecule has 1 aromatic heterocycles. The summed E-state index contributed by atoms with van der Waals surface area (Å²) in [5.74, 6) is 1.88. The van der Waals surface area contributed by atoms with Crippen molar-refractivity contribution in [2.45, 2.75) is 45.3 Å². The third kappa shape index (κ3) is 5.18. The standard InChI is InChI=1S/C27H30N4O3/c1-27(2,3)34-26(32)30-15-7-8-20(17-30)31-18-24(23(16-28)25(31)29)19-11-13-22(14-12-19)33-21-9-5-4-6-10-21/h4-6,9-14,18,20H,7-8,15,17,29H2,1-3H3. The van der Waals surface area contributed by atoms with Gasteiger partial charge in [-0.2, -0.15) is 5.26 Å². The van der Waals surface area contributed by atoms with Gasteiger partial charge in [0.25, 0.3) is 0 Å². The van der Waals surface area contributed by atoms with Gasteiger partial charge in [0.05, 0.1) is 6.04 Å². The summed E-state index contributed by atoms with van der Waals surface area (Å²) in [6.45, 7) is 6.71. The van der Waals surface area contributed by atoms with Crippen LogP contribution < -0.4 is 10.5 Å². The second-order valence-corrected chi connectivity index (χ2v) is 9.48. The van der Waals surface area contributed by atoms with Gasteiger partial charge in [0.15, 0.2) is 0 Å². The summed E-state index contributed by atoms with van der Waals surface area (Å²) in [5.41, 5.74) is 7.95. The lowest BCUT2D eigenvalue weighted by Gasteiger charge is -2.35. The van der Waals surface area contributed by atoms with Crippen LogP contribution in [0.2, 0.25) is 0 Å². The van der Waals surface area contributed by atoms with E-state index in [1.807, 2.05) is 86.1 Å². The highest BCUT2D eigenvalue weighted by Gasteiger charge is 2.30. The van der Waals surface area contributed by atoms with Crippen LogP contribution in [-0.2, 0) is 4.74 Å². The molecule has 0 saturated carbocycles. The zero-order chi connectivity index (χ0) is 24.3. The molecule has 0 aliphatic carbocycles. The maximum absolute atomic E-state index is 12.6. The van der Waals surface area contributed by atoms with E-state index < -0.39 is 5.60 Å². The molecule has 7 heteroatoms. The summed E-state index contributed by atoms with van der Waals surface area (Å²) >= 11 is 0.